The van der Waals surface area contributed by atoms with E-state index in [1.54, 1.807) is 19.2 Å². The number of carbonyl (C=O) groups is 1. The lowest BCUT2D eigenvalue weighted by molar-refractivity contribution is 0.143. The molecular weight excluding hydrogens is 280 g/mol. The van der Waals surface area contributed by atoms with E-state index < -0.39 is 6.09 Å². The summed E-state index contributed by atoms with van der Waals surface area (Å²) >= 11 is 0. The molecule has 2 aromatic carbocycles. The molecule has 5 heteroatoms. The molecule has 0 heterocycles. The Morgan fingerprint density at radius 2 is 1.91 bits per heavy atom. The normalized spacial score (nSPS) is 10.2. The zero-order valence-electron chi connectivity index (χ0n) is 12.5. The van der Waals surface area contributed by atoms with Crippen molar-refractivity contribution in [1.82, 2.24) is 4.90 Å². The van der Waals surface area contributed by atoms with Gasteiger partial charge in [0, 0.05) is 18.8 Å². The van der Waals surface area contributed by atoms with Gasteiger partial charge in [-0.15, -0.1) is 0 Å². The second-order valence-electron chi connectivity index (χ2n) is 5.05. The number of hydrogen-bond acceptors (Lipinski definition) is 3. The summed E-state index contributed by atoms with van der Waals surface area (Å²) in [7, 11) is 1.61. The molecule has 0 atom stereocenters. The minimum absolute atomic E-state index is 0.324. The van der Waals surface area contributed by atoms with Crippen LogP contribution in [-0.2, 0) is 13.0 Å². The number of ether oxygens (including phenoxy) is 1. The lowest BCUT2D eigenvalue weighted by atomic mass is 10.1. The quantitative estimate of drug-likeness (QED) is 0.804. The van der Waals surface area contributed by atoms with Gasteiger partial charge in [0.1, 0.15) is 5.75 Å². The molecule has 0 spiro atoms. The molecule has 1 amide bonds. The van der Waals surface area contributed by atoms with Crippen LogP contribution >= 0.6 is 0 Å². The van der Waals surface area contributed by atoms with Crippen molar-refractivity contribution < 1.29 is 14.6 Å². The van der Waals surface area contributed by atoms with Crippen LogP contribution in [-0.4, -0.2) is 29.8 Å². The average molecular weight is 300 g/mol. The Labute approximate surface area is 129 Å². The predicted molar refractivity (Wildman–Crippen MR) is 86.0 cm³/mol. The van der Waals surface area contributed by atoms with E-state index in [1.807, 2.05) is 36.4 Å². The van der Waals surface area contributed by atoms with E-state index in [-0.39, 0.29) is 0 Å². The third-order valence-corrected chi connectivity index (χ3v) is 3.40. The molecule has 0 aliphatic carbocycles. The van der Waals surface area contributed by atoms with E-state index in [0.717, 1.165) is 16.9 Å². The molecule has 0 aliphatic rings. The fraction of sp³-hybridized carbons (Fsp3) is 0.235. The first-order valence-electron chi connectivity index (χ1n) is 7.03. The minimum atomic E-state index is -0.940. The highest BCUT2D eigenvalue weighted by atomic mass is 16.5. The fourth-order valence-corrected chi connectivity index (χ4v) is 2.25. The zero-order valence-corrected chi connectivity index (χ0v) is 12.5. The number of amides is 1. The minimum Gasteiger partial charge on any atom is -0.497 e. The van der Waals surface area contributed by atoms with E-state index in [1.165, 1.54) is 4.90 Å². The molecule has 116 valence electrons. The second kappa shape index (κ2) is 7.36. The number of nitrogens with two attached hydrogens (primary N) is 1. The summed E-state index contributed by atoms with van der Waals surface area (Å²) in [6.45, 7) is 0.738. The van der Waals surface area contributed by atoms with Crippen LogP contribution in [0.1, 0.15) is 11.1 Å². The third kappa shape index (κ3) is 4.41. The summed E-state index contributed by atoms with van der Waals surface area (Å²) in [4.78, 5) is 12.8. The summed E-state index contributed by atoms with van der Waals surface area (Å²) in [6.07, 6.45) is -0.309. The van der Waals surface area contributed by atoms with Gasteiger partial charge in [0.2, 0.25) is 0 Å². The number of methoxy groups -OCH3 is 1. The average Bonchev–Trinajstić information content (AvgIpc) is 2.51. The molecular formula is C17H20N2O3. The molecule has 0 bridgehead atoms. The first kappa shape index (κ1) is 15.7. The first-order chi connectivity index (χ1) is 10.6. The highest BCUT2D eigenvalue weighted by Crippen LogP contribution is 2.14. The van der Waals surface area contributed by atoms with Crippen molar-refractivity contribution in [3.05, 3.63) is 59.7 Å². The van der Waals surface area contributed by atoms with Crippen molar-refractivity contribution in [2.24, 2.45) is 0 Å². The highest BCUT2D eigenvalue weighted by Gasteiger charge is 2.12. The maximum Gasteiger partial charge on any atom is 0.407 e. The number of nitrogen functional groups attached to an aromatic ring is 1. The summed E-state index contributed by atoms with van der Waals surface area (Å²) in [5.74, 6) is 0.773. The molecule has 0 unspecified atom stereocenters. The van der Waals surface area contributed by atoms with E-state index >= 15 is 0 Å². The summed E-state index contributed by atoms with van der Waals surface area (Å²) in [5.41, 5.74) is 8.28. The van der Waals surface area contributed by atoms with Gasteiger partial charge in [-0.2, -0.15) is 0 Å². The molecule has 2 aromatic rings. The SMILES string of the molecule is COc1cccc(CCN(Cc2cccc(N)c2)C(=O)O)c1. The summed E-state index contributed by atoms with van der Waals surface area (Å²) < 4.78 is 5.17. The van der Waals surface area contributed by atoms with Gasteiger partial charge in [-0.05, 0) is 41.8 Å². The van der Waals surface area contributed by atoms with Crippen LogP contribution in [0.15, 0.2) is 48.5 Å². The van der Waals surface area contributed by atoms with Crippen molar-refractivity contribution in [2.75, 3.05) is 19.4 Å². The second-order valence-corrected chi connectivity index (χ2v) is 5.05. The Morgan fingerprint density at radius 3 is 2.59 bits per heavy atom. The standard InChI is InChI=1S/C17H20N2O3/c1-22-16-7-3-4-13(11-16)8-9-19(17(20)21)12-14-5-2-6-15(18)10-14/h2-7,10-11H,8-9,12,18H2,1H3,(H,20,21). The van der Waals surface area contributed by atoms with E-state index in [0.29, 0.717) is 25.2 Å². The molecule has 3 N–H and O–H groups in total. The number of anilines is 1. The van der Waals surface area contributed by atoms with Crippen molar-refractivity contribution >= 4 is 11.8 Å². The van der Waals surface area contributed by atoms with Crippen LogP contribution in [0.3, 0.4) is 0 Å². The molecule has 22 heavy (non-hydrogen) atoms. The number of carboxylic acid groups (broad SMARTS) is 1. The van der Waals surface area contributed by atoms with Crippen LogP contribution in [0.2, 0.25) is 0 Å². The van der Waals surface area contributed by atoms with Gasteiger partial charge in [-0.1, -0.05) is 24.3 Å². The van der Waals surface area contributed by atoms with Gasteiger partial charge < -0.3 is 20.5 Å². The molecule has 0 fully saturated rings. The zero-order chi connectivity index (χ0) is 15.9. The monoisotopic (exact) mass is 300 g/mol. The van der Waals surface area contributed by atoms with Gasteiger partial charge in [0.25, 0.3) is 0 Å². The van der Waals surface area contributed by atoms with Crippen LogP contribution in [0.4, 0.5) is 10.5 Å². The van der Waals surface area contributed by atoms with Crippen molar-refractivity contribution in [3.63, 3.8) is 0 Å². The smallest absolute Gasteiger partial charge is 0.407 e. The van der Waals surface area contributed by atoms with Crippen molar-refractivity contribution in [3.8, 4) is 5.75 Å². The Morgan fingerprint density at radius 1 is 1.18 bits per heavy atom. The molecule has 0 saturated heterocycles. The Bertz CT molecular complexity index is 643. The van der Waals surface area contributed by atoms with Crippen LogP contribution in [0.25, 0.3) is 0 Å². The van der Waals surface area contributed by atoms with Gasteiger partial charge in [0.05, 0.1) is 7.11 Å². The van der Waals surface area contributed by atoms with Gasteiger partial charge in [-0.3, -0.25) is 0 Å². The molecule has 5 nitrogen and oxygen atoms in total. The Balaban J connectivity index is 2.01. The summed E-state index contributed by atoms with van der Waals surface area (Å²) in [5, 5.41) is 9.35. The Hall–Kier alpha value is -2.69. The molecule has 0 saturated carbocycles. The van der Waals surface area contributed by atoms with E-state index in [4.69, 9.17) is 10.5 Å². The molecule has 2 rings (SSSR count). The van der Waals surface area contributed by atoms with E-state index in [2.05, 4.69) is 0 Å². The number of hydrogen-bond donors (Lipinski definition) is 2. The molecule has 0 aliphatic heterocycles. The molecule has 0 aromatic heterocycles. The van der Waals surface area contributed by atoms with Gasteiger partial charge in [0.15, 0.2) is 0 Å². The van der Waals surface area contributed by atoms with Gasteiger partial charge in [-0.25, -0.2) is 4.79 Å². The van der Waals surface area contributed by atoms with Crippen molar-refractivity contribution in [1.29, 1.82) is 0 Å². The van der Waals surface area contributed by atoms with Gasteiger partial charge >= 0.3 is 6.09 Å². The predicted octanol–water partition coefficient (Wildman–Crippen LogP) is 3.00. The molecule has 0 radical (unpaired) electrons. The van der Waals surface area contributed by atoms with Crippen LogP contribution in [0.5, 0.6) is 5.75 Å². The van der Waals surface area contributed by atoms with E-state index in [9.17, 15) is 9.90 Å². The van der Waals surface area contributed by atoms with Crippen LogP contribution in [0, 0.1) is 0 Å². The lowest BCUT2D eigenvalue weighted by Gasteiger charge is -2.19. The fourth-order valence-electron chi connectivity index (χ4n) is 2.25. The number of benzene rings is 2. The van der Waals surface area contributed by atoms with Crippen molar-refractivity contribution in [2.45, 2.75) is 13.0 Å². The van der Waals surface area contributed by atoms with Crippen LogP contribution < -0.4 is 10.5 Å². The number of rotatable bonds is 6. The highest BCUT2D eigenvalue weighted by molar-refractivity contribution is 5.65. The first-order valence-corrected chi connectivity index (χ1v) is 7.03. The number of nitrogens with zero attached hydrogens (tertiary/aromatic N) is 1. The maximum absolute atomic E-state index is 11.4. The largest absolute Gasteiger partial charge is 0.497 e. The Kier molecular flexibility index (Phi) is 5.25. The summed E-state index contributed by atoms with van der Waals surface area (Å²) in [6, 6.07) is 14.9. The maximum atomic E-state index is 11.4. The topological polar surface area (TPSA) is 75.8 Å². The third-order valence-electron chi connectivity index (χ3n) is 3.40. The lowest BCUT2D eigenvalue weighted by Crippen LogP contribution is -2.31.